The topological polar surface area (TPSA) is 61.0 Å². The Hall–Kier alpha value is -2.14. The third-order valence-electron chi connectivity index (χ3n) is 6.12. The molecule has 2 N–H and O–H groups in total. The number of hydrogen-bond acceptors (Lipinski definition) is 3. The van der Waals surface area contributed by atoms with Crippen LogP contribution in [0.25, 0.3) is 0 Å². The number of aromatic amines is 1. The van der Waals surface area contributed by atoms with Crippen molar-refractivity contribution in [3.05, 3.63) is 53.9 Å². The summed E-state index contributed by atoms with van der Waals surface area (Å²) in [4.78, 5) is 14.7. The van der Waals surface area contributed by atoms with E-state index < -0.39 is 0 Å². The van der Waals surface area contributed by atoms with E-state index in [2.05, 4.69) is 50.7 Å². The quantitative estimate of drug-likeness (QED) is 0.840. The minimum absolute atomic E-state index is 0.117. The molecule has 0 unspecified atom stereocenters. The maximum Gasteiger partial charge on any atom is 0.224 e. The molecule has 5 nitrogen and oxygen atoms in total. The lowest BCUT2D eigenvalue weighted by molar-refractivity contribution is -0.123. The highest BCUT2D eigenvalue weighted by molar-refractivity contribution is 5.78. The van der Waals surface area contributed by atoms with Gasteiger partial charge >= 0.3 is 0 Å². The minimum atomic E-state index is 0.117. The number of likely N-dealkylation sites (tertiary alicyclic amines) is 1. The van der Waals surface area contributed by atoms with Crippen molar-refractivity contribution >= 4 is 5.91 Å². The molecule has 4 rings (SSSR count). The van der Waals surface area contributed by atoms with Gasteiger partial charge in [-0.05, 0) is 61.7 Å². The molecule has 1 aromatic carbocycles. The molecule has 0 radical (unpaired) electrons. The van der Waals surface area contributed by atoms with Crippen LogP contribution in [0.15, 0.2) is 42.7 Å². The SMILES string of the molecule is O=C(Cc1cn[nH]c1)NC1CC2(CCN(CCc3ccccc3)CC2)C1. The number of carbonyl (C=O) groups is 1. The molecule has 1 spiro atoms. The molecule has 1 saturated carbocycles. The van der Waals surface area contributed by atoms with Crippen LogP contribution in [0.5, 0.6) is 0 Å². The summed E-state index contributed by atoms with van der Waals surface area (Å²) in [6, 6.07) is 11.1. The average Bonchev–Trinajstić information content (AvgIpc) is 3.13. The monoisotopic (exact) mass is 352 g/mol. The third-order valence-corrected chi connectivity index (χ3v) is 6.12. The van der Waals surface area contributed by atoms with Crippen LogP contribution in [-0.2, 0) is 17.6 Å². The van der Waals surface area contributed by atoms with Gasteiger partial charge in [-0.15, -0.1) is 0 Å². The molecule has 2 aromatic rings. The molecule has 2 aliphatic rings. The van der Waals surface area contributed by atoms with Crippen molar-refractivity contribution in [3.8, 4) is 0 Å². The Morgan fingerprint density at radius 3 is 2.65 bits per heavy atom. The number of H-pyrrole nitrogens is 1. The van der Waals surface area contributed by atoms with Gasteiger partial charge in [0.1, 0.15) is 0 Å². The summed E-state index contributed by atoms with van der Waals surface area (Å²) in [5.74, 6) is 0.117. The smallest absolute Gasteiger partial charge is 0.224 e. The van der Waals surface area contributed by atoms with Gasteiger partial charge in [-0.3, -0.25) is 9.89 Å². The second-order valence-corrected chi connectivity index (χ2v) is 8.03. The van der Waals surface area contributed by atoms with Gasteiger partial charge in [-0.25, -0.2) is 0 Å². The fraction of sp³-hybridized carbons (Fsp3) is 0.524. The molecule has 138 valence electrons. The maximum absolute atomic E-state index is 12.1. The number of nitrogens with one attached hydrogen (secondary N) is 2. The highest BCUT2D eigenvalue weighted by atomic mass is 16.1. The number of carbonyl (C=O) groups excluding carboxylic acids is 1. The van der Waals surface area contributed by atoms with E-state index in [0.29, 0.717) is 17.9 Å². The number of aromatic nitrogens is 2. The van der Waals surface area contributed by atoms with E-state index >= 15 is 0 Å². The van der Waals surface area contributed by atoms with E-state index in [0.717, 1.165) is 31.4 Å². The van der Waals surface area contributed by atoms with Crippen LogP contribution in [-0.4, -0.2) is 46.7 Å². The molecular formula is C21H28N4O. The zero-order valence-corrected chi connectivity index (χ0v) is 15.3. The Balaban J connectivity index is 1.16. The number of rotatable bonds is 6. The zero-order valence-electron chi connectivity index (χ0n) is 15.3. The van der Waals surface area contributed by atoms with Crippen molar-refractivity contribution in [3.63, 3.8) is 0 Å². The molecule has 1 aromatic heterocycles. The van der Waals surface area contributed by atoms with Gasteiger partial charge in [-0.2, -0.15) is 5.10 Å². The minimum Gasteiger partial charge on any atom is -0.353 e. The van der Waals surface area contributed by atoms with Crippen molar-refractivity contribution in [2.45, 2.75) is 44.6 Å². The third kappa shape index (κ3) is 4.15. The number of hydrogen-bond donors (Lipinski definition) is 2. The summed E-state index contributed by atoms with van der Waals surface area (Å²) in [6.45, 7) is 3.55. The first-order valence-corrected chi connectivity index (χ1v) is 9.74. The number of benzene rings is 1. The van der Waals surface area contributed by atoms with Crippen molar-refractivity contribution in [2.75, 3.05) is 19.6 Å². The standard InChI is InChI=1S/C21H28N4O/c26-20(12-18-15-22-23-16-18)24-19-13-21(14-19)7-10-25(11-8-21)9-6-17-4-2-1-3-5-17/h1-5,15-16,19H,6-14H2,(H,22,23)(H,24,26). The van der Waals surface area contributed by atoms with Crippen LogP contribution in [0.4, 0.5) is 0 Å². The molecule has 1 aliphatic heterocycles. The van der Waals surface area contributed by atoms with E-state index in [9.17, 15) is 4.79 Å². The lowest BCUT2D eigenvalue weighted by atomic mass is 9.60. The van der Waals surface area contributed by atoms with Crippen molar-refractivity contribution in [1.82, 2.24) is 20.4 Å². The van der Waals surface area contributed by atoms with Crippen molar-refractivity contribution < 1.29 is 4.79 Å². The predicted octanol–water partition coefficient (Wildman–Crippen LogP) is 2.56. The summed E-state index contributed by atoms with van der Waals surface area (Å²) in [7, 11) is 0. The normalized spacial score (nSPS) is 20.0. The second kappa shape index (κ2) is 7.62. The summed E-state index contributed by atoms with van der Waals surface area (Å²) >= 11 is 0. The summed E-state index contributed by atoms with van der Waals surface area (Å²) < 4.78 is 0. The highest BCUT2D eigenvalue weighted by Gasteiger charge is 2.46. The van der Waals surface area contributed by atoms with Crippen LogP contribution in [0, 0.1) is 5.41 Å². The Morgan fingerprint density at radius 2 is 1.96 bits per heavy atom. The Labute approximate surface area is 155 Å². The van der Waals surface area contributed by atoms with Crippen LogP contribution >= 0.6 is 0 Å². The Bertz CT molecular complexity index is 697. The molecule has 0 atom stereocenters. The lowest BCUT2D eigenvalue weighted by Gasteiger charge is -2.52. The number of nitrogens with zero attached hydrogens (tertiary/aromatic N) is 2. The molecule has 5 heteroatoms. The summed E-state index contributed by atoms with van der Waals surface area (Å²) in [5.41, 5.74) is 2.86. The fourth-order valence-corrected chi connectivity index (χ4v) is 4.52. The summed E-state index contributed by atoms with van der Waals surface area (Å²) in [6.07, 6.45) is 9.91. The molecule has 1 amide bonds. The first-order chi connectivity index (χ1) is 12.7. The van der Waals surface area contributed by atoms with Gasteiger partial charge < -0.3 is 10.2 Å². The van der Waals surface area contributed by atoms with Gasteiger partial charge in [0.25, 0.3) is 0 Å². The van der Waals surface area contributed by atoms with E-state index in [1.807, 2.05) is 0 Å². The van der Waals surface area contributed by atoms with Crippen LogP contribution in [0.2, 0.25) is 0 Å². The van der Waals surface area contributed by atoms with Crippen molar-refractivity contribution in [2.24, 2.45) is 5.41 Å². The van der Waals surface area contributed by atoms with E-state index in [-0.39, 0.29) is 5.91 Å². The Morgan fingerprint density at radius 1 is 1.19 bits per heavy atom. The van der Waals surface area contributed by atoms with Crippen LogP contribution in [0.1, 0.15) is 36.8 Å². The molecule has 1 saturated heterocycles. The molecule has 1 aliphatic carbocycles. The number of piperidine rings is 1. The number of amides is 1. The predicted molar refractivity (Wildman–Crippen MR) is 102 cm³/mol. The van der Waals surface area contributed by atoms with Gasteiger partial charge in [0.2, 0.25) is 5.91 Å². The van der Waals surface area contributed by atoms with Crippen LogP contribution < -0.4 is 5.32 Å². The maximum atomic E-state index is 12.1. The lowest BCUT2D eigenvalue weighted by Crippen LogP contribution is -2.55. The zero-order chi connectivity index (χ0) is 17.8. The summed E-state index contributed by atoms with van der Waals surface area (Å²) in [5, 5.41) is 9.83. The fourth-order valence-electron chi connectivity index (χ4n) is 4.52. The highest BCUT2D eigenvalue weighted by Crippen LogP contribution is 2.49. The van der Waals surface area contributed by atoms with E-state index in [1.54, 1.807) is 12.4 Å². The van der Waals surface area contributed by atoms with Gasteiger partial charge in [-0.1, -0.05) is 30.3 Å². The second-order valence-electron chi connectivity index (χ2n) is 8.03. The molecule has 2 heterocycles. The average molecular weight is 352 g/mol. The van der Waals surface area contributed by atoms with Crippen LogP contribution in [0.3, 0.4) is 0 Å². The molecule has 0 bridgehead atoms. The first-order valence-electron chi connectivity index (χ1n) is 9.74. The van der Waals surface area contributed by atoms with E-state index in [4.69, 9.17) is 0 Å². The first kappa shape index (κ1) is 17.3. The Kier molecular flexibility index (Phi) is 5.07. The van der Waals surface area contributed by atoms with Gasteiger partial charge in [0.05, 0.1) is 12.6 Å². The van der Waals surface area contributed by atoms with Gasteiger partial charge in [0, 0.05) is 18.8 Å². The molecule has 2 fully saturated rings. The molecular weight excluding hydrogens is 324 g/mol. The molecule has 26 heavy (non-hydrogen) atoms. The van der Waals surface area contributed by atoms with Crippen molar-refractivity contribution in [1.29, 1.82) is 0 Å². The largest absolute Gasteiger partial charge is 0.353 e. The van der Waals surface area contributed by atoms with E-state index in [1.165, 1.54) is 31.5 Å². The van der Waals surface area contributed by atoms with Gasteiger partial charge in [0.15, 0.2) is 0 Å².